The van der Waals surface area contributed by atoms with Crippen LogP contribution in [0.3, 0.4) is 0 Å². The molecule has 0 spiro atoms. The third-order valence-electron chi connectivity index (χ3n) is 4.49. The van der Waals surface area contributed by atoms with Crippen molar-refractivity contribution >= 4 is 17.7 Å². The number of carbonyl (C=O) groups is 2. The molecule has 0 radical (unpaired) electrons. The fourth-order valence-corrected chi connectivity index (χ4v) is 2.85. The summed E-state index contributed by atoms with van der Waals surface area (Å²) >= 11 is 0. The summed E-state index contributed by atoms with van der Waals surface area (Å²) in [6, 6.07) is 4.40. The summed E-state index contributed by atoms with van der Waals surface area (Å²) in [5.74, 6) is -0.503. The fraction of sp³-hybridized carbons (Fsp3) is 0.556. The zero-order valence-electron chi connectivity index (χ0n) is 15.0. The second kappa shape index (κ2) is 8.80. The Kier molecular flexibility index (Phi) is 6.75. The van der Waals surface area contributed by atoms with E-state index in [9.17, 15) is 14.0 Å². The Morgan fingerprint density at radius 2 is 2.04 bits per heavy atom. The summed E-state index contributed by atoms with van der Waals surface area (Å²) in [5.41, 5.74) is 1.00. The minimum absolute atomic E-state index is 0.0664. The first-order valence-corrected chi connectivity index (χ1v) is 8.65. The number of alkyl carbamates (subject to hydrolysis) is 1. The van der Waals surface area contributed by atoms with Crippen molar-refractivity contribution in [3.05, 3.63) is 29.6 Å². The normalized spacial score (nSPS) is 17.0. The topological polar surface area (TPSA) is 70.7 Å². The number of nitrogens with zero attached hydrogens (tertiary/aromatic N) is 1. The molecule has 1 atom stereocenters. The third-order valence-corrected chi connectivity index (χ3v) is 4.49. The molecule has 0 saturated carbocycles. The van der Waals surface area contributed by atoms with E-state index in [-0.39, 0.29) is 23.8 Å². The molecular formula is C18H26FN3O3. The fourth-order valence-electron chi connectivity index (χ4n) is 2.85. The van der Waals surface area contributed by atoms with Gasteiger partial charge >= 0.3 is 6.09 Å². The number of hydrogen-bond acceptors (Lipinski definition) is 4. The van der Waals surface area contributed by atoms with Gasteiger partial charge in [-0.2, -0.15) is 0 Å². The maximum absolute atomic E-state index is 13.6. The average molecular weight is 351 g/mol. The molecule has 1 aliphatic rings. The Morgan fingerprint density at radius 1 is 1.36 bits per heavy atom. The number of halogens is 1. The first-order valence-electron chi connectivity index (χ1n) is 8.65. The van der Waals surface area contributed by atoms with Crippen LogP contribution in [0.4, 0.5) is 14.9 Å². The summed E-state index contributed by atoms with van der Waals surface area (Å²) in [6.45, 7) is 7.03. The van der Waals surface area contributed by atoms with E-state index in [1.807, 2.05) is 6.92 Å². The number of benzene rings is 1. The zero-order valence-corrected chi connectivity index (χ0v) is 15.0. The molecule has 0 aliphatic carbocycles. The van der Waals surface area contributed by atoms with Gasteiger partial charge in [0, 0.05) is 24.8 Å². The van der Waals surface area contributed by atoms with Gasteiger partial charge in [-0.15, -0.1) is 0 Å². The lowest BCUT2D eigenvalue weighted by atomic mass is 10.0. The summed E-state index contributed by atoms with van der Waals surface area (Å²) in [5, 5.41) is 5.59. The summed E-state index contributed by atoms with van der Waals surface area (Å²) < 4.78 is 18.5. The van der Waals surface area contributed by atoms with Gasteiger partial charge < -0.3 is 15.4 Å². The molecule has 25 heavy (non-hydrogen) atoms. The predicted molar refractivity (Wildman–Crippen MR) is 94.0 cm³/mol. The molecule has 0 bridgehead atoms. The van der Waals surface area contributed by atoms with E-state index in [0.29, 0.717) is 30.9 Å². The lowest BCUT2D eigenvalue weighted by molar-refractivity contribution is -0.121. The SMILES string of the molecule is CCOC(=O)NC1CCN([C@H](C)C(=O)Nc2ccc(C)c(F)c2)CC1. The maximum Gasteiger partial charge on any atom is 0.407 e. The van der Waals surface area contributed by atoms with Crippen LogP contribution in [0.1, 0.15) is 32.3 Å². The van der Waals surface area contributed by atoms with Gasteiger partial charge in [-0.1, -0.05) is 6.07 Å². The van der Waals surface area contributed by atoms with Gasteiger partial charge in [-0.05, 0) is 51.3 Å². The first kappa shape index (κ1) is 19.2. The standard InChI is InChI=1S/C18H26FN3O3/c1-4-25-18(24)21-14-7-9-22(10-8-14)13(3)17(23)20-15-6-5-12(2)16(19)11-15/h5-6,11,13-14H,4,7-10H2,1-3H3,(H,20,23)(H,21,24)/t13-/m1/s1. The highest BCUT2D eigenvalue weighted by molar-refractivity contribution is 5.94. The van der Waals surface area contributed by atoms with Crippen LogP contribution >= 0.6 is 0 Å². The van der Waals surface area contributed by atoms with Gasteiger partial charge in [0.1, 0.15) is 5.82 Å². The van der Waals surface area contributed by atoms with Crippen LogP contribution in [-0.2, 0) is 9.53 Å². The van der Waals surface area contributed by atoms with E-state index in [1.54, 1.807) is 26.0 Å². The Balaban J connectivity index is 1.82. The molecule has 6 nitrogen and oxygen atoms in total. The number of anilines is 1. The van der Waals surface area contributed by atoms with Gasteiger partial charge in [0.25, 0.3) is 0 Å². The van der Waals surface area contributed by atoms with Crippen molar-refractivity contribution in [1.82, 2.24) is 10.2 Å². The lowest BCUT2D eigenvalue weighted by Gasteiger charge is -2.35. The van der Waals surface area contributed by atoms with Crippen LogP contribution in [0.2, 0.25) is 0 Å². The van der Waals surface area contributed by atoms with Gasteiger partial charge in [-0.25, -0.2) is 9.18 Å². The molecule has 1 heterocycles. The van der Waals surface area contributed by atoms with Crippen molar-refractivity contribution in [2.45, 2.75) is 45.7 Å². The Morgan fingerprint density at radius 3 is 2.64 bits per heavy atom. The first-order chi connectivity index (χ1) is 11.9. The number of amides is 2. The molecule has 7 heteroatoms. The predicted octanol–water partition coefficient (Wildman–Crippen LogP) is 2.67. The number of piperidine rings is 1. The number of carbonyl (C=O) groups excluding carboxylic acids is 2. The van der Waals surface area contributed by atoms with Gasteiger partial charge in [0.2, 0.25) is 5.91 Å². The van der Waals surface area contributed by atoms with Crippen molar-refractivity contribution in [2.75, 3.05) is 25.0 Å². The Labute approximate surface area is 147 Å². The van der Waals surface area contributed by atoms with Crippen molar-refractivity contribution in [1.29, 1.82) is 0 Å². The Hall–Kier alpha value is -2.15. The molecule has 1 aromatic carbocycles. The minimum atomic E-state index is -0.395. The molecule has 0 unspecified atom stereocenters. The maximum atomic E-state index is 13.6. The summed E-state index contributed by atoms with van der Waals surface area (Å²) in [4.78, 5) is 25.9. The largest absolute Gasteiger partial charge is 0.450 e. The van der Waals surface area contributed by atoms with Gasteiger partial charge in [0.05, 0.1) is 12.6 Å². The quantitative estimate of drug-likeness (QED) is 0.856. The van der Waals surface area contributed by atoms with Crippen molar-refractivity contribution in [3.8, 4) is 0 Å². The minimum Gasteiger partial charge on any atom is -0.450 e. The zero-order chi connectivity index (χ0) is 18.4. The number of hydrogen-bond donors (Lipinski definition) is 2. The van der Waals surface area contributed by atoms with E-state index in [4.69, 9.17) is 4.74 Å². The summed E-state index contributed by atoms with van der Waals surface area (Å²) in [6.07, 6.45) is 1.12. The molecular weight excluding hydrogens is 325 g/mol. The van der Waals surface area contributed by atoms with Crippen LogP contribution in [0.25, 0.3) is 0 Å². The lowest BCUT2D eigenvalue weighted by Crippen LogP contribution is -2.50. The van der Waals surface area contributed by atoms with Crippen LogP contribution in [0.5, 0.6) is 0 Å². The number of ether oxygens (including phenoxy) is 1. The molecule has 2 rings (SSSR count). The number of aryl methyl sites for hydroxylation is 1. The molecule has 1 saturated heterocycles. The highest BCUT2D eigenvalue weighted by Gasteiger charge is 2.27. The van der Waals surface area contributed by atoms with Crippen molar-refractivity contribution < 1.29 is 18.7 Å². The van der Waals surface area contributed by atoms with Crippen LogP contribution in [-0.4, -0.2) is 48.7 Å². The monoisotopic (exact) mass is 351 g/mol. The summed E-state index contributed by atoms with van der Waals surface area (Å²) in [7, 11) is 0. The van der Waals surface area contributed by atoms with E-state index in [2.05, 4.69) is 15.5 Å². The van der Waals surface area contributed by atoms with E-state index in [0.717, 1.165) is 12.8 Å². The molecule has 0 aromatic heterocycles. The molecule has 1 aliphatic heterocycles. The molecule has 138 valence electrons. The molecule has 2 amide bonds. The van der Waals surface area contributed by atoms with E-state index >= 15 is 0 Å². The number of nitrogens with one attached hydrogen (secondary N) is 2. The number of rotatable bonds is 5. The second-order valence-corrected chi connectivity index (χ2v) is 6.30. The van der Waals surface area contributed by atoms with Crippen LogP contribution < -0.4 is 10.6 Å². The van der Waals surface area contributed by atoms with Crippen LogP contribution in [0.15, 0.2) is 18.2 Å². The van der Waals surface area contributed by atoms with Crippen LogP contribution in [0, 0.1) is 12.7 Å². The van der Waals surface area contributed by atoms with E-state index < -0.39 is 6.09 Å². The molecule has 2 N–H and O–H groups in total. The van der Waals surface area contributed by atoms with Crippen molar-refractivity contribution in [3.63, 3.8) is 0 Å². The molecule has 1 fully saturated rings. The van der Waals surface area contributed by atoms with Gasteiger partial charge in [0.15, 0.2) is 0 Å². The second-order valence-electron chi connectivity index (χ2n) is 6.30. The highest BCUT2D eigenvalue weighted by Crippen LogP contribution is 2.17. The smallest absolute Gasteiger partial charge is 0.407 e. The number of likely N-dealkylation sites (tertiary alicyclic amines) is 1. The highest BCUT2D eigenvalue weighted by atomic mass is 19.1. The third kappa shape index (κ3) is 5.42. The average Bonchev–Trinajstić information content (AvgIpc) is 2.58. The van der Waals surface area contributed by atoms with Gasteiger partial charge in [-0.3, -0.25) is 9.69 Å². The molecule has 1 aromatic rings. The van der Waals surface area contributed by atoms with E-state index in [1.165, 1.54) is 6.07 Å². The Bertz CT molecular complexity index is 616. The van der Waals surface area contributed by atoms with Crippen molar-refractivity contribution in [2.24, 2.45) is 0 Å².